The van der Waals surface area contributed by atoms with Gasteiger partial charge in [0.25, 0.3) is 0 Å². The number of nitrogens with one attached hydrogen (secondary N) is 1. The second-order valence-electron chi connectivity index (χ2n) is 5.90. The van der Waals surface area contributed by atoms with Crippen molar-refractivity contribution in [2.45, 2.75) is 23.7 Å². The lowest BCUT2D eigenvalue weighted by Gasteiger charge is -2.13. The quantitative estimate of drug-likeness (QED) is 0.377. The summed E-state index contributed by atoms with van der Waals surface area (Å²) in [6, 6.07) is 15.5. The molecule has 3 heterocycles. The predicted octanol–water partition coefficient (Wildman–Crippen LogP) is 4.75. The van der Waals surface area contributed by atoms with Gasteiger partial charge in [0.15, 0.2) is 5.82 Å². The molecule has 0 aliphatic rings. The van der Waals surface area contributed by atoms with E-state index in [1.807, 2.05) is 54.8 Å². The van der Waals surface area contributed by atoms with Gasteiger partial charge in [0.1, 0.15) is 10.8 Å². The Labute approximate surface area is 164 Å². The Balaban J connectivity index is 1.57. The van der Waals surface area contributed by atoms with E-state index in [-0.39, 0.29) is 11.2 Å². The minimum Gasteiger partial charge on any atom is -0.467 e. The summed E-state index contributed by atoms with van der Waals surface area (Å²) in [5.41, 5.74) is 0.876. The third kappa shape index (κ3) is 4.04. The van der Waals surface area contributed by atoms with E-state index in [4.69, 9.17) is 9.40 Å². The van der Waals surface area contributed by atoms with Gasteiger partial charge in [0.05, 0.1) is 28.5 Å². The van der Waals surface area contributed by atoms with Crippen molar-refractivity contribution >= 4 is 39.9 Å². The highest BCUT2D eigenvalue weighted by atomic mass is 32.2. The van der Waals surface area contributed by atoms with Crippen molar-refractivity contribution in [2.24, 2.45) is 0 Å². The Hall–Kier alpha value is -2.64. The fourth-order valence-corrected chi connectivity index (χ4v) is 4.23. The third-order valence-electron chi connectivity index (χ3n) is 3.98. The van der Waals surface area contributed by atoms with Crippen molar-refractivity contribution in [2.75, 3.05) is 0 Å². The van der Waals surface area contributed by atoms with E-state index in [0.29, 0.717) is 12.4 Å². The van der Waals surface area contributed by atoms with Crippen LogP contribution >= 0.6 is 23.1 Å². The number of amides is 1. The first kappa shape index (κ1) is 17.8. The second kappa shape index (κ2) is 7.94. The molecule has 5 nitrogen and oxygen atoms in total. The maximum absolute atomic E-state index is 12.5. The van der Waals surface area contributed by atoms with Crippen LogP contribution in [-0.4, -0.2) is 21.1 Å². The molecular weight excluding hydrogens is 378 g/mol. The van der Waals surface area contributed by atoms with Gasteiger partial charge in [0.2, 0.25) is 5.91 Å². The number of aromatic nitrogens is 2. The lowest BCUT2D eigenvalue weighted by atomic mass is 10.2. The molecule has 1 N–H and O–H groups in total. The van der Waals surface area contributed by atoms with Gasteiger partial charge in [-0.1, -0.05) is 36.0 Å². The van der Waals surface area contributed by atoms with Crippen LogP contribution in [-0.2, 0) is 11.3 Å². The number of carbonyl (C=O) groups is 1. The van der Waals surface area contributed by atoms with Crippen molar-refractivity contribution in [3.05, 3.63) is 65.9 Å². The Kier molecular flexibility index (Phi) is 5.22. The van der Waals surface area contributed by atoms with Crippen LogP contribution in [0.4, 0.5) is 0 Å². The Bertz CT molecular complexity index is 1050. The van der Waals surface area contributed by atoms with Gasteiger partial charge in [-0.25, -0.2) is 9.97 Å². The summed E-state index contributed by atoms with van der Waals surface area (Å²) in [7, 11) is 0. The molecule has 3 aromatic heterocycles. The molecule has 4 aromatic rings. The summed E-state index contributed by atoms with van der Waals surface area (Å²) in [6.07, 6.45) is 1.60. The number of carbonyl (C=O) groups excluding carboxylic acids is 1. The maximum atomic E-state index is 12.5. The van der Waals surface area contributed by atoms with Crippen molar-refractivity contribution in [1.29, 1.82) is 0 Å². The van der Waals surface area contributed by atoms with Crippen molar-refractivity contribution in [1.82, 2.24) is 15.3 Å². The number of hydrogen-bond donors (Lipinski definition) is 1. The van der Waals surface area contributed by atoms with Crippen LogP contribution in [0.5, 0.6) is 0 Å². The molecule has 0 unspecified atom stereocenters. The van der Waals surface area contributed by atoms with Crippen LogP contribution in [0.25, 0.3) is 21.6 Å². The zero-order valence-electron chi connectivity index (χ0n) is 14.6. The predicted molar refractivity (Wildman–Crippen MR) is 109 cm³/mol. The van der Waals surface area contributed by atoms with Gasteiger partial charge in [0, 0.05) is 5.39 Å². The summed E-state index contributed by atoms with van der Waals surface area (Å²) in [5.74, 6) is 1.36. The number of rotatable bonds is 6. The summed E-state index contributed by atoms with van der Waals surface area (Å²) in [4.78, 5) is 22.9. The fraction of sp³-hybridized carbons (Fsp3) is 0.150. The summed E-state index contributed by atoms with van der Waals surface area (Å²) >= 11 is 3.04. The molecule has 0 fully saturated rings. The molecule has 0 radical (unpaired) electrons. The highest BCUT2D eigenvalue weighted by Gasteiger charge is 2.18. The van der Waals surface area contributed by atoms with Crippen LogP contribution in [0, 0.1) is 0 Å². The van der Waals surface area contributed by atoms with E-state index in [1.165, 1.54) is 11.8 Å². The number of furan rings is 1. The van der Waals surface area contributed by atoms with E-state index < -0.39 is 0 Å². The molecule has 0 aliphatic heterocycles. The van der Waals surface area contributed by atoms with Gasteiger partial charge in [-0.15, -0.1) is 11.3 Å². The van der Waals surface area contributed by atoms with E-state index in [0.717, 1.165) is 26.6 Å². The van der Waals surface area contributed by atoms with Gasteiger partial charge in [-0.05, 0) is 36.6 Å². The van der Waals surface area contributed by atoms with Crippen molar-refractivity contribution in [3.8, 4) is 10.7 Å². The van der Waals surface area contributed by atoms with Crippen LogP contribution in [0.1, 0.15) is 12.7 Å². The number of thioether (sulfide) groups is 1. The lowest BCUT2D eigenvalue weighted by Crippen LogP contribution is -2.30. The topological polar surface area (TPSA) is 68.0 Å². The van der Waals surface area contributed by atoms with E-state index in [1.54, 1.807) is 23.7 Å². The molecule has 0 bridgehead atoms. The Morgan fingerprint density at radius 2 is 2.07 bits per heavy atom. The average Bonchev–Trinajstić information content (AvgIpc) is 3.39. The van der Waals surface area contributed by atoms with Crippen molar-refractivity contribution < 1.29 is 9.21 Å². The Morgan fingerprint density at radius 1 is 1.19 bits per heavy atom. The van der Waals surface area contributed by atoms with Gasteiger partial charge < -0.3 is 9.73 Å². The van der Waals surface area contributed by atoms with E-state index in [2.05, 4.69) is 10.3 Å². The number of nitrogens with zero attached hydrogens (tertiary/aromatic N) is 2. The molecule has 1 aromatic carbocycles. The second-order valence-corrected chi connectivity index (χ2v) is 8.18. The third-order valence-corrected chi connectivity index (χ3v) is 5.95. The molecule has 1 atom stereocenters. The monoisotopic (exact) mass is 395 g/mol. The number of fused-ring (bicyclic) bond motifs is 1. The standard InChI is InChI=1S/C20H17N3O2S2/c1-13(19(24)21-12-14-6-4-10-25-14)27-20-15-7-2-3-8-16(15)22-18(23-20)17-9-5-11-26-17/h2-11,13H,12H2,1H3,(H,21,24)/t13-/m1/s1. The lowest BCUT2D eigenvalue weighted by molar-refractivity contribution is -0.120. The number of benzene rings is 1. The summed E-state index contributed by atoms with van der Waals surface area (Å²) < 4.78 is 5.26. The summed E-state index contributed by atoms with van der Waals surface area (Å²) in [6.45, 7) is 2.26. The molecule has 0 saturated heterocycles. The molecule has 27 heavy (non-hydrogen) atoms. The first-order valence-corrected chi connectivity index (χ1v) is 10.2. The highest BCUT2D eigenvalue weighted by molar-refractivity contribution is 8.00. The Morgan fingerprint density at radius 3 is 2.85 bits per heavy atom. The van der Waals surface area contributed by atoms with Gasteiger partial charge in [-0.2, -0.15) is 0 Å². The highest BCUT2D eigenvalue weighted by Crippen LogP contribution is 2.32. The number of para-hydroxylation sites is 1. The maximum Gasteiger partial charge on any atom is 0.233 e. The van der Waals surface area contributed by atoms with E-state index >= 15 is 0 Å². The smallest absolute Gasteiger partial charge is 0.233 e. The largest absolute Gasteiger partial charge is 0.467 e. The fourth-order valence-electron chi connectivity index (χ4n) is 2.61. The molecule has 0 aliphatic carbocycles. The van der Waals surface area contributed by atoms with E-state index in [9.17, 15) is 4.79 Å². The van der Waals surface area contributed by atoms with Crippen LogP contribution in [0.3, 0.4) is 0 Å². The number of hydrogen-bond acceptors (Lipinski definition) is 6. The minimum atomic E-state index is -0.297. The molecule has 1 amide bonds. The van der Waals surface area contributed by atoms with Gasteiger partial charge in [-0.3, -0.25) is 4.79 Å². The zero-order valence-corrected chi connectivity index (χ0v) is 16.2. The average molecular weight is 396 g/mol. The van der Waals surface area contributed by atoms with Crippen LogP contribution in [0.15, 0.2) is 69.6 Å². The normalized spacial score (nSPS) is 12.2. The molecule has 0 saturated carbocycles. The first-order chi connectivity index (χ1) is 13.2. The SMILES string of the molecule is C[C@@H](Sc1nc(-c2cccs2)nc2ccccc12)C(=O)NCc1ccco1. The molecule has 136 valence electrons. The molecular formula is C20H17N3O2S2. The molecule has 0 spiro atoms. The minimum absolute atomic E-state index is 0.0585. The molecule has 4 rings (SSSR count). The van der Waals surface area contributed by atoms with Gasteiger partial charge >= 0.3 is 0 Å². The van der Waals surface area contributed by atoms with Crippen LogP contribution < -0.4 is 5.32 Å². The first-order valence-electron chi connectivity index (χ1n) is 8.48. The zero-order chi connectivity index (χ0) is 18.6. The van der Waals surface area contributed by atoms with Crippen molar-refractivity contribution in [3.63, 3.8) is 0 Å². The van der Waals surface area contributed by atoms with Crippen LogP contribution in [0.2, 0.25) is 0 Å². The molecule has 7 heteroatoms. The number of thiophene rings is 1. The summed E-state index contributed by atoms with van der Waals surface area (Å²) in [5, 5.41) is 6.37.